The SMILES string of the molecule is [CH2][C@](C)(N)c1cccc(C(F)(F)F)c1. The first-order chi connectivity index (χ1) is 6.21. The van der Waals surface area contributed by atoms with E-state index in [1.165, 1.54) is 12.1 Å². The van der Waals surface area contributed by atoms with Gasteiger partial charge in [-0.2, -0.15) is 13.2 Å². The Morgan fingerprint density at radius 3 is 2.14 bits per heavy atom. The molecule has 2 N–H and O–H groups in total. The van der Waals surface area contributed by atoms with Crippen LogP contribution in [0.1, 0.15) is 18.1 Å². The van der Waals surface area contributed by atoms with Crippen LogP contribution in [0.2, 0.25) is 0 Å². The van der Waals surface area contributed by atoms with E-state index in [9.17, 15) is 13.2 Å². The molecule has 14 heavy (non-hydrogen) atoms. The first kappa shape index (κ1) is 11.0. The minimum absolute atomic E-state index is 0.368. The summed E-state index contributed by atoms with van der Waals surface area (Å²) in [6.07, 6.45) is -4.33. The predicted molar refractivity (Wildman–Crippen MR) is 48.3 cm³/mol. The summed E-state index contributed by atoms with van der Waals surface area (Å²) in [4.78, 5) is 0. The van der Waals surface area contributed by atoms with E-state index < -0.39 is 17.3 Å². The van der Waals surface area contributed by atoms with Gasteiger partial charge in [-0.15, -0.1) is 0 Å². The Hall–Kier alpha value is -1.03. The fourth-order valence-corrected chi connectivity index (χ4v) is 1.05. The van der Waals surface area contributed by atoms with E-state index in [4.69, 9.17) is 5.73 Å². The first-order valence-corrected chi connectivity index (χ1v) is 4.03. The van der Waals surface area contributed by atoms with Crippen molar-refractivity contribution in [2.24, 2.45) is 5.73 Å². The second-order valence-corrected chi connectivity index (χ2v) is 3.50. The van der Waals surface area contributed by atoms with Crippen molar-refractivity contribution in [3.63, 3.8) is 0 Å². The van der Waals surface area contributed by atoms with E-state index in [-0.39, 0.29) is 0 Å². The Balaban J connectivity index is 3.15. The second-order valence-electron chi connectivity index (χ2n) is 3.50. The lowest BCUT2D eigenvalue weighted by Gasteiger charge is -2.20. The zero-order valence-corrected chi connectivity index (χ0v) is 7.73. The highest BCUT2D eigenvalue weighted by Crippen LogP contribution is 2.31. The molecule has 0 unspecified atom stereocenters. The first-order valence-electron chi connectivity index (χ1n) is 4.03. The van der Waals surface area contributed by atoms with Crippen LogP contribution in [0.4, 0.5) is 13.2 Å². The van der Waals surface area contributed by atoms with Gasteiger partial charge in [0.1, 0.15) is 0 Å². The maximum atomic E-state index is 12.3. The fraction of sp³-hybridized carbons (Fsp3) is 0.300. The number of benzene rings is 1. The Bertz CT molecular complexity index is 294. The van der Waals surface area contributed by atoms with Crippen LogP contribution in [0.5, 0.6) is 0 Å². The Morgan fingerprint density at radius 2 is 1.71 bits per heavy atom. The number of hydrogen-bond donors (Lipinski definition) is 1. The van der Waals surface area contributed by atoms with Crippen LogP contribution < -0.4 is 5.73 Å². The molecule has 0 saturated heterocycles. The summed E-state index contributed by atoms with van der Waals surface area (Å²) >= 11 is 0. The number of rotatable bonds is 1. The van der Waals surface area contributed by atoms with Gasteiger partial charge in [-0.25, -0.2) is 0 Å². The lowest BCUT2D eigenvalue weighted by Crippen LogP contribution is -2.29. The lowest BCUT2D eigenvalue weighted by atomic mass is 9.94. The molecule has 0 saturated carbocycles. The molecule has 0 aliphatic rings. The Kier molecular flexibility index (Phi) is 2.58. The fourth-order valence-electron chi connectivity index (χ4n) is 1.05. The topological polar surface area (TPSA) is 26.0 Å². The van der Waals surface area contributed by atoms with E-state index in [0.29, 0.717) is 5.56 Å². The molecule has 0 bridgehead atoms. The van der Waals surface area contributed by atoms with Crippen LogP contribution in [-0.2, 0) is 11.7 Å². The maximum Gasteiger partial charge on any atom is 0.416 e. The van der Waals surface area contributed by atoms with Crippen molar-refractivity contribution in [3.8, 4) is 0 Å². The summed E-state index contributed by atoms with van der Waals surface area (Å²) in [5.74, 6) is 0. The number of alkyl halides is 3. The van der Waals surface area contributed by atoms with E-state index in [2.05, 4.69) is 6.92 Å². The van der Waals surface area contributed by atoms with Gasteiger partial charge in [-0.3, -0.25) is 0 Å². The summed E-state index contributed by atoms with van der Waals surface area (Å²) in [6, 6.07) is 4.89. The highest BCUT2D eigenvalue weighted by Gasteiger charge is 2.31. The average molecular weight is 202 g/mol. The highest BCUT2D eigenvalue weighted by molar-refractivity contribution is 5.31. The third kappa shape index (κ3) is 2.48. The van der Waals surface area contributed by atoms with Crippen molar-refractivity contribution in [2.45, 2.75) is 18.6 Å². The summed E-state index contributed by atoms with van der Waals surface area (Å²) in [5, 5.41) is 0. The molecule has 1 atom stereocenters. The molecule has 1 radical (unpaired) electrons. The van der Waals surface area contributed by atoms with Gasteiger partial charge >= 0.3 is 6.18 Å². The van der Waals surface area contributed by atoms with Crippen LogP contribution >= 0.6 is 0 Å². The molecule has 1 aromatic carbocycles. The largest absolute Gasteiger partial charge is 0.416 e. The van der Waals surface area contributed by atoms with Crippen LogP contribution in [-0.4, -0.2) is 0 Å². The normalized spacial score (nSPS) is 13.0. The van der Waals surface area contributed by atoms with Gasteiger partial charge < -0.3 is 5.73 Å². The van der Waals surface area contributed by atoms with Gasteiger partial charge in [-0.05, 0) is 31.5 Å². The van der Waals surface area contributed by atoms with Crippen LogP contribution in [0, 0.1) is 6.92 Å². The molecule has 0 aliphatic heterocycles. The van der Waals surface area contributed by atoms with Gasteiger partial charge in [0.25, 0.3) is 0 Å². The van der Waals surface area contributed by atoms with E-state index in [0.717, 1.165) is 12.1 Å². The molecule has 1 rings (SSSR count). The Labute approximate surface area is 80.7 Å². The standard InChI is InChI=1S/C10H11F3N/c1-9(2,14)7-4-3-5-8(6-7)10(11,12)13/h3-6H,1,14H2,2H3/t9-/m1/s1. The average Bonchev–Trinajstić information content (AvgIpc) is 2.01. The molecule has 1 nitrogen and oxygen atoms in total. The number of halogens is 3. The summed E-state index contributed by atoms with van der Waals surface area (Å²) in [5.41, 5.74) is 4.26. The quantitative estimate of drug-likeness (QED) is 0.744. The summed E-state index contributed by atoms with van der Waals surface area (Å²) in [6.45, 7) is 5.13. The molecular weight excluding hydrogens is 191 g/mol. The van der Waals surface area contributed by atoms with E-state index in [1.54, 1.807) is 6.92 Å². The molecule has 0 spiro atoms. The van der Waals surface area contributed by atoms with Crippen LogP contribution in [0.3, 0.4) is 0 Å². The zero-order valence-electron chi connectivity index (χ0n) is 7.73. The van der Waals surface area contributed by atoms with E-state index in [1.807, 2.05) is 0 Å². The molecule has 0 amide bonds. The van der Waals surface area contributed by atoms with Crippen molar-refractivity contribution in [1.82, 2.24) is 0 Å². The van der Waals surface area contributed by atoms with Crippen molar-refractivity contribution in [2.75, 3.05) is 0 Å². The third-order valence-corrected chi connectivity index (χ3v) is 1.85. The van der Waals surface area contributed by atoms with Gasteiger partial charge in [0.2, 0.25) is 0 Å². The maximum absolute atomic E-state index is 12.3. The molecule has 0 heterocycles. The van der Waals surface area contributed by atoms with Gasteiger partial charge in [0.05, 0.1) is 5.56 Å². The van der Waals surface area contributed by atoms with Crippen LogP contribution in [0.15, 0.2) is 24.3 Å². The molecule has 1 aromatic rings. The molecule has 0 aromatic heterocycles. The van der Waals surface area contributed by atoms with Crippen molar-refractivity contribution < 1.29 is 13.2 Å². The van der Waals surface area contributed by atoms with Gasteiger partial charge in [0, 0.05) is 5.54 Å². The summed E-state index contributed by atoms with van der Waals surface area (Å²) in [7, 11) is 0. The molecule has 0 fully saturated rings. The van der Waals surface area contributed by atoms with Gasteiger partial charge in [0.15, 0.2) is 0 Å². The lowest BCUT2D eigenvalue weighted by molar-refractivity contribution is -0.137. The van der Waals surface area contributed by atoms with Crippen molar-refractivity contribution in [1.29, 1.82) is 0 Å². The zero-order chi connectivity index (χ0) is 11.0. The van der Waals surface area contributed by atoms with E-state index >= 15 is 0 Å². The smallest absolute Gasteiger partial charge is 0.322 e. The molecule has 77 valence electrons. The monoisotopic (exact) mass is 202 g/mol. The van der Waals surface area contributed by atoms with Crippen LogP contribution in [0.25, 0.3) is 0 Å². The van der Waals surface area contributed by atoms with Crippen molar-refractivity contribution >= 4 is 0 Å². The highest BCUT2D eigenvalue weighted by atomic mass is 19.4. The number of hydrogen-bond acceptors (Lipinski definition) is 1. The Morgan fingerprint density at radius 1 is 1.21 bits per heavy atom. The minimum atomic E-state index is -4.33. The van der Waals surface area contributed by atoms with Gasteiger partial charge in [-0.1, -0.05) is 12.1 Å². The molecule has 4 heteroatoms. The molecular formula is C10H11F3N. The number of nitrogens with two attached hydrogens (primary N) is 1. The molecule has 0 aliphatic carbocycles. The summed E-state index contributed by atoms with van der Waals surface area (Å²) < 4.78 is 36.9. The second kappa shape index (κ2) is 3.28. The third-order valence-electron chi connectivity index (χ3n) is 1.85. The predicted octanol–water partition coefficient (Wildman–Crippen LogP) is 2.71. The minimum Gasteiger partial charge on any atom is -0.322 e. The van der Waals surface area contributed by atoms with Crippen molar-refractivity contribution in [3.05, 3.63) is 42.3 Å².